The quantitative estimate of drug-likeness (QED) is 0.870. The van der Waals surface area contributed by atoms with E-state index in [1.54, 1.807) is 0 Å². The number of nitrogens with zero attached hydrogens (tertiary/aromatic N) is 2. The number of carbonyl (C=O) groups excluding carboxylic acids is 1. The molecule has 0 atom stereocenters. The molecular formula is C13H19N3O3. The van der Waals surface area contributed by atoms with Crippen LogP contribution in [0.2, 0.25) is 0 Å². The summed E-state index contributed by atoms with van der Waals surface area (Å²) in [5.74, 6) is -1.35. The van der Waals surface area contributed by atoms with E-state index >= 15 is 0 Å². The molecule has 1 amide bonds. The van der Waals surface area contributed by atoms with Crippen LogP contribution in [0.4, 0.5) is 0 Å². The molecule has 0 aliphatic heterocycles. The Labute approximate surface area is 111 Å². The van der Waals surface area contributed by atoms with Gasteiger partial charge in [-0.3, -0.25) is 9.48 Å². The number of amides is 1. The molecule has 6 nitrogen and oxygen atoms in total. The predicted molar refractivity (Wildman–Crippen MR) is 69.3 cm³/mol. The van der Waals surface area contributed by atoms with E-state index in [0.29, 0.717) is 0 Å². The van der Waals surface area contributed by atoms with Gasteiger partial charge in [0, 0.05) is 18.2 Å². The van der Waals surface area contributed by atoms with Crippen molar-refractivity contribution in [2.75, 3.05) is 0 Å². The van der Waals surface area contributed by atoms with Gasteiger partial charge in [0.2, 0.25) is 0 Å². The summed E-state index contributed by atoms with van der Waals surface area (Å²) in [5, 5.41) is 16.1. The first kappa shape index (κ1) is 13.6. The third-order valence-corrected chi connectivity index (χ3v) is 3.37. The van der Waals surface area contributed by atoms with Crippen LogP contribution in [0.1, 0.15) is 66.5 Å². The number of aromatic carboxylic acids is 1. The average molecular weight is 265 g/mol. The first-order valence-electron chi connectivity index (χ1n) is 6.62. The SMILES string of the molecule is CC(C)n1nc(C(=O)NC2CCCC2)cc1C(=O)O. The Kier molecular flexibility index (Phi) is 3.87. The fraction of sp³-hybridized carbons (Fsp3) is 0.615. The normalized spacial score (nSPS) is 15.9. The smallest absolute Gasteiger partial charge is 0.354 e. The molecule has 1 fully saturated rings. The summed E-state index contributed by atoms with van der Waals surface area (Å²) < 4.78 is 1.37. The molecule has 1 heterocycles. The molecule has 2 rings (SSSR count). The maximum absolute atomic E-state index is 12.0. The minimum Gasteiger partial charge on any atom is -0.477 e. The van der Waals surface area contributed by atoms with Gasteiger partial charge in [0.05, 0.1) is 0 Å². The van der Waals surface area contributed by atoms with E-state index in [4.69, 9.17) is 5.11 Å². The van der Waals surface area contributed by atoms with E-state index < -0.39 is 5.97 Å². The second kappa shape index (κ2) is 5.42. The van der Waals surface area contributed by atoms with Gasteiger partial charge in [0.1, 0.15) is 5.69 Å². The molecule has 0 bridgehead atoms. The third kappa shape index (κ3) is 2.94. The zero-order valence-corrected chi connectivity index (χ0v) is 11.2. The van der Waals surface area contributed by atoms with Crippen molar-refractivity contribution in [3.8, 4) is 0 Å². The van der Waals surface area contributed by atoms with Crippen LogP contribution in [0.15, 0.2) is 6.07 Å². The van der Waals surface area contributed by atoms with Gasteiger partial charge >= 0.3 is 5.97 Å². The molecule has 0 aromatic carbocycles. The molecule has 0 radical (unpaired) electrons. The Morgan fingerprint density at radius 3 is 2.53 bits per heavy atom. The summed E-state index contributed by atoms with van der Waals surface area (Å²) >= 11 is 0. The Morgan fingerprint density at radius 1 is 1.42 bits per heavy atom. The third-order valence-electron chi connectivity index (χ3n) is 3.37. The monoisotopic (exact) mass is 265 g/mol. The number of carboxylic acid groups (broad SMARTS) is 1. The summed E-state index contributed by atoms with van der Waals surface area (Å²) in [7, 11) is 0. The minimum atomic E-state index is -1.07. The topological polar surface area (TPSA) is 84.2 Å². The first-order valence-corrected chi connectivity index (χ1v) is 6.62. The lowest BCUT2D eigenvalue weighted by Gasteiger charge is -2.10. The molecule has 0 spiro atoms. The van der Waals surface area contributed by atoms with Gasteiger partial charge in [-0.05, 0) is 26.7 Å². The lowest BCUT2D eigenvalue weighted by Crippen LogP contribution is -2.32. The molecule has 2 N–H and O–H groups in total. The van der Waals surface area contributed by atoms with E-state index in [2.05, 4.69) is 10.4 Å². The molecule has 1 aromatic rings. The lowest BCUT2D eigenvalue weighted by atomic mass is 10.2. The van der Waals surface area contributed by atoms with Crippen molar-refractivity contribution < 1.29 is 14.7 Å². The highest BCUT2D eigenvalue weighted by Crippen LogP contribution is 2.18. The summed E-state index contributed by atoms with van der Waals surface area (Å²) in [6, 6.07) is 1.44. The number of carbonyl (C=O) groups is 2. The minimum absolute atomic E-state index is 0.0478. The number of carboxylic acids is 1. The number of hydrogen-bond acceptors (Lipinski definition) is 3. The van der Waals surface area contributed by atoms with Gasteiger partial charge in [0.15, 0.2) is 5.69 Å². The van der Waals surface area contributed by atoms with Gasteiger partial charge in [-0.25, -0.2) is 4.79 Å². The van der Waals surface area contributed by atoms with Crippen LogP contribution in [-0.4, -0.2) is 32.8 Å². The van der Waals surface area contributed by atoms with E-state index in [1.807, 2.05) is 13.8 Å². The van der Waals surface area contributed by atoms with E-state index in [0.717, 1.165) is 25.7 Å². The highest BCUT2D eigenvalue weighted by atomic mass is 16.4. The van der Waals surface area contributed by atoms with Crippen LogP contribution in [0.3, 0.4) is 0 Å². The van der Waals surface area contributed by atoms with Crippen molar-refractivity contribution in [3.05, 3.63) is 17.5 Å². The molecule has 104 valence electrons. The van der Waals surface area contributed by atoms with Crippen LogP contribution < -0.4 is 5.32 Å². The largest absolute Gasteiger partial charge is 0.477 e. The van der Waals surface area contributed by atoms with Gasteiger partial charge in [0.25, 0.3) is 5.91 Å². The second-order valence-electron chi connectivity index (χ2n) is 5.21. The van der Waals surface area contributed by atoms with Crippen molar-refractivity contribution in [1.82, 2.24) is 15.1 Å². The van der Waals surface area contributed by atoms with Crippen LogP contribution >= 0.6 is 0 Å². The van der Waals surface area contributed by atoms with Crippen molar-refractivity contribution >= 4 is 11.9 Å². The Balaban J connectivity index is 2.17. The number of rotatable bonds is 4. The molecule has 1 aliphatic carbocycles. The molecule has 1 aromatic heterocycles. The van der Waals surface area contributed by atoms with Crippen LogP contribution in [0.25, 0.3) is 0 Å². The van der Waals surface area contributed by atoms with E-state index in [9.17, 15) is 9.59 Å². The van der Waals surface area contributed by atoms with Gasteiger partial charge in [-0.2, -0.15) is 5.10 Å². The van der Waals surface area contributed by atoms with E-state index in [-0.39, 0.29) is 29.4 Å². The van der Waals surface area contributed by atoms with Crippen LogP contribution in [-0.2, 0) is 0 Å². The first-order chi connectivity index (χ1) is 8.99. The predicted octanol–water partition coefficient (Wildman–Crippen LogP) is 1.83. The molecule has 6 heteroatoms. The van der Waals surface area contributed by atoms with Crippen LogP contribution in [0, 0.1) is 0 Å². The van der Waals surface area contributed by atoms with Gasteiger partial charge in [-0.15, -0.1) is 0 Å². The number of hydrogen-bond donors (Lipinski definition) is 2. The Morgan fingerprint density at radius 2 is 2.05 bits per heavy atom. The van der Waals surface area contributed by atoms with Crippen molar-refractivity contribution in [2.24, 2.45) is 0 Å². The Bertz CT molecular complexity index is 487. The fourth-order valence-corrected chi connectivity index (χ4v) is 2.39. The zero-order chi connectivity index (χ0) is 14.0. The zero-order valence-electron chi connectivity index (χ0n) is 11.2. The van der Waals surface area contributed by atoms with Crippen LogP contribution in [0.5, 0.6) is 0 Å². The van der Waals surface area contributed by atoms with Gasteiger partial charge in [-0.1, -0.05) is 12.8 Å². The number of aromatic nitrogens is 2. The molecule has 1 aliphatic rings. The number of nitrogens with one attached hydrogen (secondary N) is 1. The Hall–Kier alpha value is -1.85. The van der Waals surface area contributed by atoms with Crippen molar-refractivity contribution in [3.63, 3.8) is 0 Å². The lowest BCUT2D eigenvalue weighted by molar-refractivity contribution is 0.0681. The summed E-state index contributed by atoms with van der Waals surface area (Å²) in [5.41, 5.74) is 0.226. The van der Waals surface area contributed by atoms with Crippen molar-refractivity contribution in [2.45, 2.75) is 51.6 Å². The summed E-state index contributed by atoms with van der Waals surface area (Å²) in [6.45, 7) is 3.66. The maximum atomic E-state index is 12.0. The highest BCUT2D eigenvalue weighted by Gasteiger charge is 2.23. The van der Waals surface area contributed by atoms with E-state index in [1.165, 1.54) is 10.7 Å². The molecule has 0 unspecified atom stereocenters. The second-order valence-corrected chi connectivity index (χ2v) is 5.21. The average Bonchev–Trinajstić information content (AvgIpc) is 2.96. The highest BCUT2D eigenvalue weighted by molar-refractivity contribution is 5.95. The molecule has 19 heavy (non-hydrogen) atoms. The molecular weight excluding hydrogens is 246 g/mol. The standard InChI is InChI=1S/C13H19N3O3/c1-8(2)16-11(13(18)19)7-10(15-16)12(17)14-9-5-3-4-6-9/h7-9H,3-6H2,1-2H3,(H,14,17)(H,18,19). The molecule has 0 saturated heterocycles. The fourth-order valence-electron chi connectivity index (χ4n) is 2.39. The maximum Gasteiger partial charge on any atom is 0.354 e. The summed E-state index contributed by atoms with van der Waals surface area (Å²) in [4.78, 5) is 23.1. The van der Waals surface area contributed by atoms with Gasteiger partial charge < -0.3 is 10.4 Å². The summed E-state index contributed by atoms with van der Waals surface area (Å²) in [6.07, 6.45) is 4.24. The molecule has 1 saturated carbocycles. The van der Waals surface area contributed by atoms with Crippen molar-refractivity contribution in [1.29, 1.82) is 0 Å².